The second kappa shape index (κ2) is 6.16. The van der Waals surface area contributed by atoms with Crippen molar-refractivity contribution < 1.29 is 19.0 Å². The van der Waals surface area contributed by atoms with E-state index in [0.717, 1.165) is 10.4 Å². The number of thiophene rings is 1. The lowest BCUT2D eigenvalue weighted by atomic mass is 10.1. The number of rotatable bonds is 5. The van der Waals surface area contributed by atoms with E-state index in [0.29, 0.717) is 36.9 Å². The highest BCUT2D eigenvalue weighted by Crippen LogP contribution is 2.43. The van der Waals surface area contributed by atoms with Gasteiger partial charge >= 0.3 is 5.97 Å². The SMILES string of the molecule is C=NC1OCCc2c1sc(OCC)c2C(=O)OCC. The number of ether oxygens (including phenoxy) is 3. The maximum atomic E-state index is 12.1. The van der Waals surface area contributed by atoms with Gasteiger partial charge in [0, 0.05) is 0 Å². The summed E-state index contributed by atoms with van der Waals surface area (Å²) < 4.78 is 16.2. The first-order valence-corrected chi connectivity index (χ1v) is 7.07. The summed E-state index contributed by atoms with van der Waals surface area (Å²) in [4.78, 5) is 16.9. The van der Waals surface area contributed by atoms with Crippen molar-refractivity contribution in [1.29, 1.82) is 0 Å². The van der Waals surface area contributed by atoms with E-state index in [9.17, 15) is 4.79 Å². The maximum Gasteiger partial charge on any atom is 0.343 e. The van der Waals surface area contributed by atoms with Gasteiger partial charge in [0.1, 0.15) is 5.56 Å². The Morgan fingerprint density at radius 1 is 1.53 bits per heavy atom. The molecule has 0 saturated heterocycles. The van der Waals surface area contributed by atoms with E-state index in [1.54, 1.807) is 6.92 Å². The molecule has 0 amide bonds. The lowest BCUT2D eigenvalue weighted by Crippen LogP contribution is -2.16. The van der Waals surface area contributed by atoms with Crippen LogP contribution in [0.1, 0.15) is 40.9 Å². The van der Waals surface area contributed by atoms with E-state index in [-0.39, 0.29) is 5.97 Å². The molecule has 5 nitrogen and oxygen atoms in total. The number of nitrogens with zero attached hydrogens (tertiary/aromatic N) is 1. The molecule has 1 aromatic rings. The summed E-state index contributed by atoms with van der Waals surface area (Å²) in [6.45, 7) is 8.55. The van der Waals surface area contributed by atoms with Crippen LogP contribution in [0.4, 0.5) is 0 Å². The molecule has 1 aliphatic heterocycles. The van der Waals surface area contributed by atoms with Crippen molar-refractivity contribution in [3.8, 4) is 5.06 Å². The fraction of sp³-hybridized carbons (Fsp3) is 0.538. The number of carbonyl (C=O) groups is 1. The monoisotopic (exact) mass is 283 g/mol. The third kappa shape index (κ3) is 2.64. The molecule has 19 heavy (non-hydrogen) atoms. The lowest BCUT2D eigenvalue weighted by Gasteiger charge is -2.19. The standard InChI is InChI=1S/C13H17NO4S/c1-4-16-12(15)9-8-6-7-18-11(14-3)10(8)19-13(9)17-5-2/h11H,3-7H2,1-2H3. The van der Waals surface area contributed by atoms with Crippen LogP contribution in [0.15, 0.2) is 4.99 Å². The van der Waals surface area contributed by atoms with Crippen molar-refractivity contribution in [2.45, 2.75) is 26.5 Å². The van der Waals surface area contributed by atoms with Gasteiger partial charge in [-0.2, -0.15) is 0 Å². The van der Waals surface area contributed by atoms with Crippen molar-refractivity contribution in [2.24, 2.45) is 4.99 Å². The molecule has 0 aromatic carbocycles. The molecule has 0 aliphatic carbocycles. The highest BCUT2D eigenvalue weighted by molar-refractivity contribution is 7.14. The Bertz CT molecular complexity index is 483. The Labute approximate surface area is 116 Å². The van der Waals surface area contributed by atoms with Gasteiger partial charge in [-0.15, -0.1) is 0 Å². The van der Waals surface area contributed by atoms with Gasteiger partial charge in [0.25, 0.3) is 0 Å². The van der Waals surface area contributed by atoms with E-state index < -0.39 is 6.23 Å². The van der Waals surface area contributed by atoms with Gasteiger partial charge in [-0.1, -0.05) is 11.3 Å². The molecule has 0 radical (unpaired) electrons. The average molecular weight is 283 g/mol. The van der Waals surface area contributed by atoms with Crippen molar-refractivity contribution >= 4 is 24.0 Å². The molecular weight excluding hydrogens is 266 g/mol. The molecule has 6 heteroatoms. The first kappa shape index (κ1) is 14.0. The number of carbonyl (C=O) groups excluding carboxylic acids is 1. The van der Waals surface area contributed by atoms with Crippen LogP contribution in [-0.4, -0.2) is 32.5 Å². The fourth-order valence-corrected chi connectivity index (χ4v) is 3.29. The minimum absolute atomic E-state index is 0.340. The molecule has 2 heterocycles. The van der Waals surface area contributed by atoms with E-state index in [1.165, 1.54) is 11.3 Å². The quantitative estimate of drug-likeness (QED) is 0.615. The van der Waals surface area contributed by atoms with Gasteiger partial charge in [-0.05, 0) is 32.5 Å². The van der Waals surface area contributed by atoms with Crippen LogP contribution in [0.25, 0.3) is 0 Å². The van der Waals surface area contributed by atoms with Crippen molar-refractivity contribution in [3.63, 3.8) is 0 Å². The largest absolute Gasteiger partial charge is 0.484 e. The topological polar surface area (TPSA) is 57.1 Å². The van der Waals surface area contributed by atoms with Gasteiger partial charge in [0.15, 0.2) is 11.3 Å². The molecule has 0 spiro atoms. The molecule has 104 valence electrons. The molecule has 1 atom stereocenters. The van der Waals surface area contributed by atoms with E-state index >= 15 is 0 Å². The van der Waals surface area contributed by atoms with E-state index in [1.807, 2.05) is 6.92 Å². The van der Waals surface area contributed by atoms with Crippen LogP contribution in [0.2, 0.25) is 0 Å². The molecule has 0 N–H and O–H groups in total. The minimum Gasteiger partial charge on any atom is -0.484 e. The maximum absolute atomic E-state index is 12.1. The fourth-order valence-electron chi connectivity index (χ4n) is 2.03. The first-order valence-electron chi connectivity index (χ1n) is 6.25. The predicted molar refractivity (Wildman–Crippen MR) is 73.4 cm³/mol. The Balaban J connectivity index is 2.46. The number of fused-ring (bicyclic) bond motifs is 1. The molecule has 0 saturated carbocycles. The van der Waals surface area contributed by atoms with Gasteiger partial charge < -0.3 is 14.2 Å². The number of aliphatic imine (C=N–C) groups is 1. The molecule has 0 fully saturated rings. The number of esters is 1. The smallest absolute Gasteiger partial charge is 0.343 e. The van der Waals surface area contributed by atoms with Gasteiger partial charge in [-0.25, -0.2) is 4.79 Å². The highest BCUT2D eigenvalue weighted by atomic mass is 32.1. The second-order valence-corrected chi connectivity index (χ2v) is 4.93. The summed E-state index contributed by atoms with van der Waals surface area (Å²) in [5, 5.41) is 0.588. The summed E-state index contributed by atoms with van der Waals surface area (Å²) in [5.41, 5.74) is 1.45. The third-order valence-corrected chi connectivity index (χ3v) is 3.95. The van der Waals surface area contributed by atoms with Crippen molar-refractivity contribution in [1.82, 2.24) is 0 Å². The van der Waals surface area contributed by atoms with E-state index in [4.69, 9.17) is 14.2 Å². The van der Waals surface area contributed by atoms with Crippen LogP contribution in [0, 0.1) is 0 Å². The second-order valence-electron chi connectivity index (χ2n) is 3.92. The highest BCUT2D eigenvalue weighted by Gasteiger charge is 2.32. The summed E-state index contributed by atoms with van der Waals surface area (Å²) in [6.07, 6.45) is 0.259. The van der Waals surface area contributed by atoms with Crippen molar-refractivity contribution in [2.75, 3.05) is 19.8 Å². The summed E-state index contributed by atoms with van der Waals surface area (Å²) in [7, 11) is 0. The Morgan fingerprint density at radius 2 is 2.32 bits per heavy atom. The van der Waals surface area contributed by atoms with E-state index in [2.05, 4.69) is 11.7 Å². The van der Waals surface area contributed by atoms with Crippen LogP contribution in [-0.2, 0) is 15.9 Å². The summed E-state index contributed by atoms with van der Waals surface area (Å²) >= 11 is 1.39. The zero-order valence-corrected chi connectivity index (χ0v) is 11.9. The first-order chi connectivity index (χ1) is 9.22. The Hall–Kier alpha value is -1.40. The van der Waals surface area contributed by atoms with Gasteiger partial charge in [-0.3, -0.25) is 4.99 Å². The molecule has 1 aliphatic rings. The summed E-state index contributed by atoms with van der Waals surface area (Å²) in [6, 6.07) is 0. The zero-order valence-electron chi connectivity index (χ0n) is 11.1. The molecule has 1 unspecified atom stereocenters. The predicted octanol–water partition coefficient (Wildman–Crippen LogP) is 2.60. The molecule has 1 aromatic heterocycles. The minimum atomic E-state index is -0.406. The average Bonchev–Trinajstić information content (AvgIpc) is 2.77. The lowest BCUT2D eigenvalue weighted by molar-refractivity contribution is 0.0480. The zero-order chi connectivity index (χ0) is 13.8. The van der Waals surface area contributed by atoms with Gasteiger partial charge in [0.05, 0.1) is 24.7 Å². The van der Waals surface area contributed by atoms with Crippen molar-refractivity contribution in [3.05, 3.63) is 16.0 Å². The van der Waals surface area contributed by atoms with Crippen LogP contribution >= 0.6 is 11.3 Å². The normalized spacial score (nSPS) is 17.7. The summed E-state index contributed by atoms with van der Waals surface area (Å²) in [5.74, 6) is -0.340. The molecular formula is C13H17NO4S. The third-order valence-electron chi connectivity index (χ3n) is 2.78. The van der Waals surface area contributed by atoms with Crippen LogP contribution in [0.3, 0.4) is 0 Å². The molecule has 2 rings (SSSR count). The van der Waals surface area contributed by atoms with Gasteiger partial charge in [0.2, 0.25) is 0 Å². The van der Waals surface area contributed by atoms with Crippen LogP contribution < -0.4 is 4.74 Å². The molecule has 0 bridgehead atoms. The Morgan fingerprint density at radius 3 is 2.95 bits per heavy atom. The number of hydrogen-bond donors (Lipinski definition) is 0. The Kier molecular flexibility index (Phi) is 4.55. The number of hydrogen-bond acceptors (Lipinski definition) is 6. The van der Waals surface area contributed by atoms with Crippen LogP contribution in [0.5, 0.6) is 5.06 Å².